The molecule has 37 unspecified atom stereocenters. The summed E-state index contributed by atoms with van der Waals surface area (Å²) in [5.74, 6) is -3.37. The maximum Gasteiger partial charge on any atom is 0.103 e. The third-order valence-electron chi connectivity index (χ3n) is 34.2. The van der Waals surface area contributed by atoms with Gasteiger partial charge in [-0.05, 0) is 173 Å². The van der Waals surface area contributed by atoms with E-state index in [1.807, 2.05) is 27.7 Å². The van der Waals surface area contributed by atoms with E-state index < -0.39 is 116 Å². The molecule has 0 aromatic rings. The van der Waals surface area contributed by atoms with Gasteiger partial charge in [0.15, 0.2) is 0 Å². The molecule has 0 spiro atoms. The minimum Gasteiger partial charge on any atom is -0.412 e. The number of aliphatic hydroxyl groups is 11. The van der Waals surface area contributed by atoms with Gasteiger partial charge >= 0.3 is 0 Å². The van der Waals surface area contributed by atoms with E-state index >= 15 is 0 Å². The van der Waals surface area contributed by atoms with Crippen LogP contribution in [0, 0.1) is 133 Å². The van der Waals surface area contributed by atoms with Crippen molar-refractivity contribution < 1.29 is 144 Å². The van der Waals surface area contributed by atoms with Gasteiger partial charge in [-0.1, -0.05) is 6.92 Å². The van der Waals surface area contributed by atoms with Crippen LogP contribution in [0.5, 0.6) is 0 Å². The number of hydrogen-bond donors (Lipinski definition) is 11. The lowest BCUT2D eigenvalue weighted by Crippen LogP contribution is -3.01. The van der Waals surface area contributed by atoms with Crippen LogP contribution >= 0.6 is 0 Å². The fourth-order valence-electron chi connectivity index (χ4n) is 31.4. The van der Waals surface area contributed by atoms with Crippen molar-refractivity contribution in [2.24, 2.45) is 133 Å². The highest BCUT2D eigenvalue weighted by Crippen LogP contribution is 2.86. The van der Waals surface area contributed by atoms with Crippen molar-refractivity contribution >= 4 is 0 Å². The van der Waals surface area contributed by atoms with Crippen LogP contribution < -0.4 is 0 Å². The summed E-state index contributed by atoms with van der Waals surface area (Å²) in [7, 11) is 1.72. The first-order chi connectivity index (χ1) is 51.6. The SMILES string of the molecule is CCOCCOCCOCC12CC(COCC3C4C(CO)OC5(COCC67CC8(CO)CC(COCC9C%10C(COCC)OC%11(COCC%12%13CC%14(COCCOCC)CC(COC)C(CC%14%12)C(OCCO)C%13O)CC%12(OCC)C9C%10(O)C%11%12)C(CC86)C(O)C7O)CC6(O)C3C4(O)C56)C3CC1C(CC)(C2)C(O)C3O.O.O.O. The van der Waals surface area contributed by atoms with Crippen molar-refractivity contribution in [2.45, 2.75) is 194 Å². The maximum atomic E-state index is 13.2. The van der Waals surface area contributed by atoms with E-state index in [4.69, 9.17) is 71.1 Å². The zero-order valence-corrected chi connectivity index (χ0v) is 65.8. The second-order valence-corrected chi connectivity index (χ2v) is 38.1. The van der Waals surface area contributed by atoms with E-state index in [9.17, 15) is 56.2 Å². The number of ether oxygens (including phenoxy) is 15. The average molecular weight is 1570 g/mol. The molecule has 0 aromatic carbocycles. The molecule has 29 nitrogen and oxygen atoms in total. The lowest BCUT2D eigenvalue weighted by atomic mass is 9.22. The molecule has 37 atom stereocenters. The summed E-state index contributed by atoms with van der Waals surface area (Å²) in [5.41, 5.74) is -9.05. The van der Waals surface area contributed by atoms with Crippen molar-refractivity contribution in [3.63, 3.8) is 0 Å². The minimum atomic E-state index is -1.32. The third-order valence-corrected chi connectivity index (χ3v) is 34.2. The molecule has 2 saturated heterocycles. The van der Waals surface area contributed by atoms with E-state index in [0.29, 0.717) is 131 Å². The fourth-order valence-corrected chi connectivity index (χ4v) is 31.4. The van der Waals surface area contributed by atoms with Gasteiger partial charge in [-0.15, -0.1) is 0 Å². The molecule has 634 valence electrons. The van der Waals surface area contributed by atoms with Crippen LogP contribution in [0.3, 0.4) is 0 Å². The Morgan fingerprint density at radius 3 is 1.49 bits per heavy atom. The summed E-state index contributed by atoms with van der Waals surface area (Å²) >= 11 is 0. The van der Waals surface area contributed by atoms with Crippen molar-refractivity contribution in [2.75, 3.05) is 179 Å². The lowest BCUT2D eigenvalue weighted by molar-refractivity contribution is -0.537. The Labute approximate surface area is 647 Å². The Morgan fingerprint density at radius 2 is 0.918 bits per heavy atom. The van der Waals surface area contributed by atoms with Gasteiger partial charge in [-0.3, -0.25) is 0 Å². The zero-order chi connectivity index (χ0) is 74.9. The van der Waals surface area contributed by atoms with Gasteiger partial charge in [-0.2, -0.15) is 0 Å². The second-order valence-electron chi connectivity index (χ2n) is 38.1. The lowest BCUT2D eigenvalue weighted by Gasteiger charge is -2.89. The maximum absolute atomic E-state index is 13.2. The van der Waals surface area contributed by atoms with Crippen LogP contribution in [0.4, 0.5) is 0 Å². The Kier molecular flexibility index (Phi) is 24.1. The molecule has 0 radical (unpaired) electrons. The number of fused-ring (bicyclic) bond motifs is 5. The Balaban J connectivity index is 0.00000336. The molecule has 2 heterocycles. The summed E-state index contributed by atoms with van der Waals surface area (Å²) in [6.45, 7) is 18.1. The highest BCUT2D eigenvalue weighted by atomic mass is 16.6. The summed E-state index contributed by atoms with van der Waals surface area (Å²) in [5, 5.41) is 131. The Hall–Kier alpha value is -1.16. The Morgan fingerprint density at radius 1 is 0.427 bits per heavy atom. The monoisotopic (exact) mass is 1570 g/mol. The minimum absolute atomic E-state index is 0. The molecule has 0 amide bonds. The van der Waals surface area contributed by atoms with Crippen molar-refractivity contribution in [3.8, 4) is 0 Å². The number of rotatable bonds is 44. The molecule has 17 fully saturated rings. The topological polar surface area (TPSA) is 455 Å². The number of aliphatic hydroxyl groups excluding tert-OH is 8. The predicted molar refractivity (Wildman–Crippen MR) is 388 cm³/mol. The summed E-state index contributed by atoms with van der Waals surface area (Å²) in [4.78, 5) is 0. The first-order valence-electron chi connectivity index (χ1n) is 41.8. The average Bonchev–Trinajstić information content (AvgIpc) is 0.608. The van der Waals surface area contributed by atoms with Crippen LogP contribution in [-0.2, 0) is 71.1 Å². The first kappa shape index (κ1) is 85.3. The molecule has 110 heavy (non-hydrogen) atoms. The molecule has 15 aliphatic carbocycles. The molecular weight excluding hydrogens is 1440 g/mol. The van der Waals surface area contributed by atoms with Crippen LogP contribution in [-0.4, -0.2) is 334 Å². The normalized spacial score (nSPS) is 53.2. The quantitative estimate of drug-likeness (QED) is 0.0329. The van der Waals surface area contributed by atoms with Crippen molar-refractivity contribution in [3.05, 3.63) is 0 Å². The van der Waals surface area contributed by atoms with E-state index in [-0.39, 0.29) is 195 Å². The molecule has 29 heteroatoms. The molecule has 2 aliphatic heterocycles. The van der Waals surface area contributed by atoms with E-state index in [1.54, 1.807) is 7.11 Å². The molecule has 15 saturated carbocycles. The predicted octanol–water partition coefficient (Wildman–Crippen LogP) is -0.906. The van der Waals surface area contributed by atoms with Crippen LogP contribution in [0.1, 0.15) is 112 Å². The van der Waals surface area contributed by atoms with E-state index in [2.05, 4.69) is 6.92 Å². The van der Waals surface area contributed by atoms with E-state index in [0.717, 1.165) is 38.5 Å². The van der Waals surface area contributed by atoms with Crippen molar-refractivity contribution in [1.82, 2.24) is 0 Å². The molecule has 17 aliphatic rings. The first-order valence-corrected chi connectivity index (χ1v) is 41.8. The van der Waals surface area contributed by atoms with Crippen LogP contribution in [0.25, 0.3) is 0 Å². The molecule has 17 N–H and O–H groups in total. The molecular formula is C81H136O29. The second kappa shape index (κ2) is 31.1. The highest BCUT2D eigenvalue weighted by molar-refractivity contribution is 5.45. The summed E-state index contributed by atoms with van der Waals surface area (Å²) < 4.78 is 95.8. The Bertz CT molecular complexity index is 3150. The largest absolute Gasteiger partial charge is 0.412 e. The summed E-state index contributed by atoms with van der Waals surface area (Å²) in [6.07, 6.45) is 1.19. The van der Waals surface area contributed by atoms with Crippen molar-refractivity contribution in [1.29, 1.82) is 0 Å². The fraction of sp³-hybridized carbons (Fsp3) is 1.00. The third kappa shape index (κ3) is 11.6. The smallest absolute Gasteiger partial charge is 0.103 e. The molecule has 6 bridgehead atoms. The van der Waals surface area contributed by atoms with E-state index in [1.165, 1.54) is 0 Å². The van der Waals surface area contributed by atoms with Gasteiger partial charge in [0.05, 0.1) is 190 Å². The van der Waals surface area contributed by atoms with Gasteiger partial charge in [0, 0.05) is 125 Å². The highest BCUT2D eigenvalue weighted by Gasteiger charge is 2.97. The zero-order valence-electron chi connectivity index (χ0n) is 65.8. The van der Waals surface area contributed by atoms with Gasteiger partial charge < -0.3 is 144 Å². The van der Waals surface area contributed by atoms with Gasteiger partial charge in [-0.25, -0.2) is 0 Å². The number of hydrogen-bond acceptors (Lipinski definition) is 26. The van der Waals surface area contributed by atoms with Gasteiger partial charge in [0.25, 0.3) is 0 Å². The summed E-state index contributed by atoms with van der Waals surface area (Å²) in [6, 6.07) is 0. The van der Waals surface area contributed by atoms with Crippen LogP contribution in [0.2, 0.25) is 0 Å². The molecule has 17 rings (SSSR count). The van der Waals surface area contributed by atoms with Crippen LogP contribution in [0.15, 0.2) is 0 Å². The number of methoxy groups -OCH3 is 1. The molecule has 0 aromatic heterocycles. The van der Waals surface area contributed by atoms with Gasteiger partial charge in [0.1, 0.15) is 11.2 Å². The standard InChI is InChI=1S/C81H130O26.3H2O/c1-7-73-34-71(39-99-19-17-97-16-14-94-8-2)25-47(49(21-56(71)73)60(85)65(73)87)29-100-30-51-58-53(26-83)106-76(36-78(90)63(51)80(58,91)68(76)78)43-102-41-74-33-70(38-84)23-46(48(20-55(70)74)61(86)66(74)88)28-101-31-52-59-54(32-96-10-4)107-77(37-79(105-11-5)64(52)81(59,92)69(77)79)44-103-42-75-35-72(40-98-18-15-95-9-3)24-45(27-93-6)50(22-57(72)75)62(67(75)89)104-13-12-82;;;/h45-69,82-92H,7-44H2,1-6H3;3*1H2. The van der Waals surface area contributed by atoms with Gasteiger partial charge in [0.2, 0.25) is 0 Å².